The summed E-state index contributed by atoms with van der Waals surface area (Å²) in [4.78, 5) is 0. The van der Waals surface area contributed by atoms with Gasteiger partial charge in [0.25, 0.3) is 0 Å². The van der Waals surface area contributed by atoms with Crippen LogP contribution in [0.15, 0.2) is 0 Å². The summed E-state index contributed by atoms with van der Waals surface area (Å²) in [6.07, 6.45) is 0. The fraction of sp³-hybridized carbons (Fsp3) is 0.500. The molecule has 0 fully saturated rings. The molecule has 0 unspecified atom stereocenters. The van der Waals surface area contributed by atoms with E-state index in [1.54, 1.807) is 14.1 Å². The third-order valence-electron chi connectivity index (χ3n) is 0.493. The first-order valence-electron chi connectivity index (χ1n) is 2.49. The molecule has 68 valence electrons. The van der Waals surface area contributed by atoms with Crippen LogP contribution in [0.4, 0.5) is 0 Å². The molecule has 0 amide bonds. The SMILES string of the molecule is CNC(N)=S.CNC(N)=S.O. The molecule has 0 saturated carbocycles. The van der Waals surface area contributed by atoms with Gasteiger partial charge in [0, 0.05) is 14.1 Å². The van der Waals surface area contributed by atoms with Crippen LogP contribution in [0.5, 0.6) is 0 Å². The molecule has 8 N–H and O–H groups in total. The van der Waals surface area contributed by atoms with Gasteiger partial charge in [-0.25, -0.2) is 0 Å². The van der Waals surface area contributed by atoms with Crippen LogP contribution < -0.4 is 22.1 Å². The van der Waals surface area contributed by atoms with Crippen LogP contribution in [-0.2, 0) is 0 Å². The maximum Gasteiger partial charge on any atom is 0.163 e. The van der Waals surface area contributed by atoms with E-state index in [9.17, 15) is 0 Å². The molecule has 0 aromatic rings. The number of rotatable bonds is 0. The molecule has 5 nitrogen and oxygen atoms in total. The number of nitrogens with two attached hydrogens (primary N) is 2. The molecular weight excluding hydrogens is 184 g/mol. The van der Waals surface area contributed by atoms with Crippen molar-refractivity contribution in [3.05, 3.63) is 0 Å². The summed E-state index contributed by atoms with van der Waals surface area (Å²) in [5, 5.41) is 5.75. The van der Waals surface area contributed by atoms with Crippen molar-refractivity contribution >= 4 is 34.7 Å². The molecule has 0 aromatic carbocycles. The minimum absolute atomic E-state index is 0. The van der Waals surface area contributed by atoms with Crippen molar-refractivity contribution in [3.8, 4) is 0 Å². The van der Waals surface area contributed by atoms with Gasteiger partial charge >= 0.3 is 0 Å². The highest BCUT2D eigenvalue weighted by atomic mass is 32.1. The highest BCUT2D eigenvalue weighted by Crippen LogP contribution is 1.43. The van der Waals surface area contributed by atoms with Gasteiger partial charge < -0.3 is 27.6 Å². The Kier molecular flexibility index (Phi) is 18.4. The zero-order chi connectivity index (χ0) is 8.57. The lowest BCUT2D eigenvalue weighted by atomic mass is 11.1. The molecule has 0 aromatic heterocycles. The van der Waals surface area contributed by atoms with Crippen LogP contribution in [0.1, 0.15) is 0 Å². The van der Waals surface area contributed by atoms with Gasteiger partial charge in [-0.15, -0.1) is 0 Å². The van der Waals surface area contributed by atoms with Crippen molar-refractivity contribution in [2.45, 2.75) is 0 Å². The van der Waals surface area contributed by atoms with Crippen molar-refractivity contribution < 1.29 is 5.48 Å². The second-order valence-corrected chi connectivity index (χ2v) is 2.11. The van der Waals surface area contributed by atoms with Crippen molar-refractivity contribution in [1.82, 2.24) is 10.6 Å². The van der Waals surface area contributed by atoms with E-state index < -0.39 is 0 Å². The molecule has 0 atom stereocenters. The average molecular weight is 198 g/mol. The lowest BCUT2D eigenvalue weighted by Gasteiger charge is -1.85. The molecule has 0 aliphatic rings. The Morgan fingerprint density at radius 1 is 1.00 bits per heavy atom. The molecule has 0 heterocycles. The van der Waals surface area contributed by atoms with Crippen molar-refractivity contribution in [2.75, 3.05) is 14.1 Å². The van der Waals surface area contributed by atoms with Crippen LogP contribution in [0, 0.1) is 0 Å². The molecule has 0 bridgehead atoms. The number of nitrogens with one attached hydrogen (secondary N) is 2. The molecule has 0 spiro atoms. The summed E-state index contributed by atoms with van der Waals surface area (Å²) in [7, 11) is 3.37. The van der Waals surface area contributed by atoms with Gasteiger partial charge in [0.05, 0.1) is 0 Å². The van der Waals surface area contributed by atoms with Gasteiger partial charge in [0.1, 0.15) is 0 Å². The molecule has 0 aliphatic carbocycles. The fourth-order valence-corrected chi connectivity index (χ4v) is 0. The fourth-order valence-electron chi connectivity index (χ4n) is 0. The van der Waals surface area contributed by atoms with Crippen LogP contribution in [0.3, 0.4) is 0 Å². The van der Waals surface area contributed by atoms with Gasteiger partial charge in [-0.05, 0) is 24.4 Å². The summed E-state index contributed by atoms with van der Waals surface area (Å²) in [5.41, 5.74) is 9.82. The minimum Gasteiger partial charge on any atom is -0.412 e. The molecule has 0 rings (SSSR count). The van der Waals surface area contributed by atoms with Crippen LogP contribution in [0.25, 0.3) is 0 Å². The van der Waals surface area contributed by atoms with Gasteiger partial charge in [-0.3, -0.25) is 0 Å². The minimum atomic E-state index is 0. The maximum atomic E-state index is 4.91. The standard InChI is InChI=1S/2C2H6N2S.H2O/c2*1-4-2(3)5;/h2*1H3,(H3,3,4,5);1H2. The van der Waals surface area contributed by atoms with E-state index in [0.29, 0.717) is 10.2 Å². The van der Waals surface area contributed by atoms with E-state index in [1.165, 1.54) is 0 Å². The first-order chi connectivity index (χ1) is 4.54. The lowest BCUT2D eigenvalue weighted by Crippen LogP contribution is -2.24. The third kappa shape index (κ3) is 45.1. The zero-order valence-corrected chi connectivity index (χ0v) is 8.10. The molecule has 0 radical (unpaired) electrons. The molecule has 11 heavy (non-hydrogen) atoms. The highest BCUT2D eigenvalue weighted by molar-refractivity contribution is 7.80. The lowest BCUT2D eigenvalue weighted by molar-refractivity contribution is 0.824. The Morgan fingerprint density at radius 2 is 1.09 bits per heavy atom. The Morgan fingerprint density at radius 3 is 1.09 bits per heavy atom. The predicted octanol–water partition coefficient (Wildman–Crippen LogP) is -1.93. The smallest absolute Gasteiger partial charge is 0.163 e. The second kappa shape index (κ2) is 12.1. The van der Waals surface area contributed by atoms with Crippen LogP contribution in [0.2, 0.25) is 0 Å². The van der Waals surface area contributed by atoms with Gasteiger partial charge in [-0.2, -0.15) is 0 Å². The summed E-state index contributed by atoms with van der Waals surface area (Å²) < 4.78 is 0. The Labute approximate surface area is 76.8 Å². The van der Waals surface area contributed by atoms with Gasteiger partial charge in [-0.1, -0.05) is 0 Å². The molecule has 7 heteroatoms. The Hall–Kier alpha value is -0.660. The van der Waals surface area contributed by atoms with Crippen molar-refractivity contribution in [1.29, 1.82) is 0 Å². The van der Waals surface area contributed by atoms with E-state index in [-0.39, 0.29) is 5.48 Å². The quantitative estimate of drug-likeness (QED) is 0.338. The highest BCUT2D eigenvalue weighted by Gasteiger charge is 1.66. The predicted molar refractivity (Wildman–Crippen MR) is 55.3 cm³/mol. The summed E-state index contributed by atoms with van der Waals surface area (Å²) in [6.45, 7) is 0. The van der Waals surface area contributed by atoms with E-state index in [1.807, 2.05) is 0 Å². The van der Waals surface area contributed by atoms with E-state index in [2.05, 4.69) is 35.1 Å². The van der Waals surface area contributed by atoms with Crippen molar-refractivity contribution in [3.63, 3.8) is 0 Å². The largest absolute Gasteiger partial charge is 0.412 e. The first kappa shape index (κ1) is 16.7. The number of hydrogen-bond acceptors (Lipinski definition) is 2. The molecule has 0 saturated heterocycles. The van der Waals surface area contributed by atoms with E-state index in [0.717, 1.165) is 0 Å². The number of hydrogen-bond donors (Lipinski definition) is 4. The van der Waals surface area contributed by atoms with E-state index >= 15 is 0 Å². The Balaban J connectivity index is -0.000000107. The van der Waals surface area contributed by atoms with Crippen LogP contribution >= 0.6 is 24.4 Å². The third-order valence-corrected chi connectivity index (χ3v) is 0.901. The zero-order valence-electron chi connectivity index (χ0n) is 6.47. The normalized spacial score (nSPS) is 6.00. The summed E-state index contributed by atoms with van der Waals surface area (Å²) in [6, 6.07) is 0. The topological polar surface area (TPSA) is 108 Å². The monoisotopic (exact) mass is 198 g/mol. The Bertz CT molecular complexity index is 105. The van der Waals surface area contributed by atoms with Gasteiger partial charge in [0.2, 0.25) is 0 Å². The molecular formula is C4H14N4OS2. The number of thiocarbonyl (C=S) groups is 2. The summed E-state index contributed by atoms with van der Waals surface area (Å²) >= 11 is 8.73. The van der Waals surface area contributed by atoms with Gasteiger partial charge in [0.15, 0.2) is 10.2 Å². The first-order valence-corrected chi connectivity index (χ1v) is 3.30. The second-order valence-electron chi connectivity index (χ2n) is 1.23. The maximum absolute atomic E-state index is 4.91. The average Bonchev–Trinajstić information content (AvgIpc) is 1.89. The van der Waals surface area contributed by atoms with Crippen LogP contribution in [-0.4, -0.2) is 29.8 Å². The van der Waals surface area contributed by atoms with E-state index in [4.69, 9.17) is 11.5 Å². The van der Waals surface area contributed by atoms with Crippen molar-refractivity contribution in [2.24, 2.45) is 11.5 Å². The summed E-state index contributed by atoms with van der Waals surface area (Å²) in [5.74, 6) is 0. The molecule has 0 aliphatic heterocycles.